The van der Waals surface area contributed by atoms with Gasteiger partial charge in [0.25, 0.3) is 10.0 Å². The van der Waals surface area contributed by atoms with Gasteiger partial charge in [0.05, 0.1) is 26.9 Å². The predicted octanol–water partition coefficient (Wildman–Crippen LogP) is 3.65. The maximum atomic E-state index is 13.3. The van der Waals surface area contributed by atoms with Gasteiger partial charge in [0.15, 0.2) is 11.5 Å². The van der Waals surface area contributed by atoms with Crippen LogP contribution in [-0.2, 0) is 10.0 Å². The second kappa shape index (κ2) is 6.50. The number of nitrogens with zero attached hydrogens (tertiary/aromatic N) is 1. The molecule has 3 rings (SSSR count). The van der Waals surface area contributed by atoms with Crippen LogP contribution < -0.4 is 4.72 Å². The molecule has 0 radical (unpaired) electrons. The number of phenolic OH excluding ortho intramolecular Hbond substituents is 2. The lowest BCUT2D eigenvalue weighted by Crippen LogP contribution is -2.14. The summed E-state index contributed by atoms with van der Waals surface area (Å²) in [6.45, 7) is 1.66. The van der Waals surface area contributed by atoms with Crippen LogP contribution in [0.1, 0.15) is 5.69 Å². The number of benzene rings is 2. The van der Waals surface area contributed by atoms with Gasteiger partial charge in [0, 0.05) is 6.07 Å². The third-order valence-corrected chi connectivity index (χ3v) is 5.06. The summed E-state index contributed by atoms with van der Waals surface area (Å²) in [4.78, 5) is 3.79. The number of aromatic hydroxyl groups is 2. The minimum absolute atomic E-state index is 0.0349. The molecule has 10 heteroatoms. The second-order valence-corrected chi connectivity index (χ2v) is 7.45. The minimum atomic E-state index is -4.17. The minimum Gasteiger partial charge on any atom is -0.504 e. The number of hydrogen-bond acceptors (Lipinski definition) is 6. The smallest absolute Gasteiger partial charge is 0.261 e. The molecule has 0 aliphatic heterocycles. The molecular weight excluding hydrogens is 387 g/mol. The third-order valence-electron chi connectivity index (χ3n) is 3.41. The molecule has 3 N–H and O–H groups in total. The highest BCUT2D eigenvalue weighted by Crippen LogP contribution is 2.38. The SMILES string of the molecule is Cc1coc(-c2cc(O)c(O)cc2NS(=O)(=O)c2ccc(F)c(Cl)c2)n1. The van der Waals surface area contributed by atoms with Crippen LogP contribution in [0.4, 0.5) is 10.1 Å². The molecule has 136 valence electrons. The van der Waals surface area contributed by atoms with E-state index in [1.54, 1.807) is 6.92 Å². The van der Waals surface area contributed by atoms with Gasteiger partial charge in [-0.25, -0.2) is 17.8 Å². The van der Waals surface area contributed by atoms with Crippen LogP contribution in [0.2, 0.25) is 5.02 Å². The van der Waals surface area contributed by atoms with Gasteiger partial charge in [-0.1, -0.05) is 11.6 Å². The van der Waals surface area contributed by atoms with Gasteiger partial charge < -0.3 is 14.6 Å². The number of phenols is 2. The number of anilines is 1. The summed E-state index contributed by atoms with van der Waals surface area (Å²) in [7, 11) is -4.17. The van der Waals surface area contributed by atoms with E-state index in [-0.39, 0.29) is 27.1 Å². The van der Waals surface area contributed by atoms with E-state index in [1.807, 2.05) is 0 Å². The molecule has 0 aliphatic carbocycles. The zero-order valence-electron chi connectivity index (χ0n) is 13.2. The van der Waals surface area contributed by atoms with E-state index < -0.39 is 27.3 Å². The molecule has 26 heavy (non-hydrogen) atoms. The van der Waals surface area contributed by atoms with E-state index in [4.69, 9.17) is 16.0 Å². The number of aromatic nitrogens is 1. The van der Waals surface area contributed by atoms with Crippen molar-refractivity contribution in [3.63, 3.8) is 0 Å². The fraction of sp³-hybridized carbons (Fsp3) is 0.0625. The highest BCUT2D eigenvalue weighted by atomic mass is 35.5. The quantitative estimate of drug-likeness (QED) is 0.456. The summed E-state index contributed by atoms with van der Waals surface area (Å²) in [6, 6.07) is 5.03. The number of aryl methyl sites for hydroxylation is 1. The zero-order valence-corrected chi connectivity index (χ0v) is 14.8. The maximum Gasteiger partial charge on any atom is 0.261 e. The molecule has 0 atom stereocenters. The average molecular weight is 399 g/mol. The Morgan fingerprint density at radius 3 is 2.50 bits per heavy atom. The largest absolute Gasteiger partial charge is 0.504 e. The Kier molecular flexibility index (Phi) is 4.51. The van der Waals surface area contributed by atoms with Gasteiger partial charge in [-0.3, -0.25) is 4.72 Å². The molecule has 0 spiro atoms. The molecule has 0 aliphatic rings. The Morgan fingerprint density at radius 1 is 1.19 bits per heavy atom. The van der Waals surface area contributed by atoms with Gasteiger partial charge in [0.1, 0.15) is 12.1 Å². The van der Waals surface area contributed by atoms with Crippen molar-refractivity contribution in [1.82, 2.24) is 4.98 Å². The Hall–Kier alpha value is -2.78. The molecule has 7 nitrogen and oxygen atoms in total. The average Bonchev–Trinajstić information content (AvgIpc) is 2.99. The molecule has 0 amide bonds. The first-order valence-electron chi connectivity index (χ1n) is 7.14. The molecular formula is C16H12ClFN2O5S. The van der Waals surface area contributed by atoms with E-state index in [0.717, 1.165) is 30.3 Å². The first-order valence-corrected chi connectivity index (χ1v) is 9.00. The summed E-state index contributed by atoms with van der Waals surface area (Å²) in [6.07, 6.45) is 1.34. The topological polar surface area (TPSA) is 113 Å². The number of rotatable bonds is 4. The van der Waals surface area contributed by atoms with Crippen LogP contribution in [0.5, 0.6) is 11.5 Å². The van der Waals surface area contributed by atoms with Gasteiger partial charge in [0.2, 0.25) is 5.89 Å². The molecule has 0 bridgehead atoms. The lowest BCUT2D eigenvalue weighted by atomic mass is 10.1. The molecule has 0 fully saturated rings. The summed E-state index contributed by atoms with van der Waals surface area (Å²) in [5, 5.41) is 19.1. The van der Waals surface area contributed by atoms with Crippen molar-refractivity contribution in [2.24, 2.45) is 0 Å². The van der Waals surface area contributed by atoms with Gasteiger partial charge in [-0.2, -0.15) is 0 Å². The van der Waals surface area contributed by atoms with E-state index in [2.05, 4.69) is 9.71 Å². The molecule has 0 saturated carbocycles. The Morgan fingerprint density at radius 2 is 1.88 bits per heavy atom. The summed E-state index contributed by atoms with van der Waals surface area (Å²) >= 11 is 5.63. The molecule has 1 heterocycles. The van der Waals surface area contributed by atoms with Crippen LogP contribution in [0.15, 0.2) is 45.9 Å². The number of halogens is 2. The molecule has 2 aromatic carbocycles. The maximum absolute atomic E-state index is 13.3. The molecule has 0 saturated heterocycles. The first-order chi connectivity index (χ1) is 12.2. The fourth-order valence-electron chi connectivity index (χ4n) is 2.16. The van der Waals surface area contributed by atoms with E-state index in [1.165, 1.54) is 6.26 Å². The summed E-state index contributed by atoms with van der Waals surface area (Å²) < 4.78 is 45.9. The van der Waals surface area contributed by atoms with E-state index in [0.29, 0.717) is 5.69 Å². The van der Waals surface area contributed by atoms with Gasteiger partial charge >= 0.3 is 0 Å². The van der Waals surface area contributed by atoms with Crippen molar-refractivity contribution >= 4 is 27.3 Å². The monoisotopic (exact) mass is 398 g/mol. The van der Waals surface area contributed by atoms with Crippen molar-refractivity contribution in [3.8, 4) is 23.0 Å². The van der Waals surface area contributed by atoms with Crippen LogP contribution in [0, 0.1) is 12.7 Å². The lowest BCUT2D eigenvalue weighted by Gasteiger charge is -2.12. The van der Waals surface area contributed by atoms with Crippen LogP contribution >= 0.6 is 11.6 Å². The van der Waals surface area contributed by atoms with Crippen molar-refractivity contribution < 1.29 is 27.4 Å². The lowest BCUT2D eigenvalue weighted by molar-refractivity contribution is 0.404. The Balaban J connectivity index is 2.08. The fourth-order valence-corrected chi connectivity index (χ4v) is 3.51. The highest BCUT2D eigenvalue weighted by Gasteiger charge is 2.21. The van der Waals surface area contributed by atoms with Crippen LogP contribution in [0.3, 0.4) is 0 Å². The molecule has 3 aromatic rings. The zero-order chi connectivity index (χ0) is 19.1. The van der Waals surface area contributed by atoms with E-state index in [9.17, 15) is 23.0 Å². The van der Waals surface area contributed by atoms with Gasteiger partial charge in [-0.15, -0.1) is 0 Å². The predicted molar refractivity (Wildman–Crippen MR) is 92.2 cm³/mol. The van der Waals surface area contributed by atoms with Crippen molar-refractivity contribution in [2.45, 2.75) is 11.8 Å². The van der Waals surface area contributed by atoms with Crippen molar-refractivity contribution in [3.05, 3.63) is 53.1 Å². The number of oxazole rings is 1. The highest BCUT2D eigenvalue weighted by molar-refractivity contribution is 7.92. The van der Waals surface area contributed by atoms with Crippen LogP contribution in [-0.4, -0.2) is 23.6 Å². The first kappa shape index (κ1) is 18.0. The van der Waals surface area contributed by atoms with Crippen molar-refractivity contribution in [1.29, 1.82) is 0 Å². The molecule has 1 aromatic heterocycles. The number of sulfonamides is 1. The third kappa shape index (κ3) is 3.44. The Bertz CT molecular complexity index is 1100. The Labute approximate surface area is 152 Å². The summed E-state index contributed by atoms with van der Waals surface area (Å²) in [5.41, 5.74) is 0.541. The normalized spacial score (nSPS) is 11.5. The number of hydrogen-bond donors (Lipinski definition) is 3. The number of nitrogens with one attached hydrogen (secondary N) is 1. The van der Waals surface area contributed by atoms with E-state index >= 15 is 0 Å². The second-order valence-electron chi connectivity index (χ2n) is 5.36. The molecule has 0 unspecified atom stereocenters. The van der Waals surface area contributed by atoms with Gasteiger partial charge in [-0.05, 0) is 31.2 Å². The summed E-state index contributed by atoms with van der Waals surface area (Å²) in [5.74, 6) is -1.76. The van der Waals surface area contributed by atoms with Crippen molar-refractivity contribution in [2.75, 3.05) is 4.72 Å². The standard InChI is InChI=1S/C16H12ClFN2O5S/c1-8-7-25-16(19-8)10-5-14(21)15(22)6-13(10)20-26(23,24)9-2-3-12(18)11(17)4-9/h2-7,20-22H,1H3. The van der Waals surface area contributed by atoms with Crippen LogP contribution in [0.25, 0.3) is 11.5 Å².